The molecule has 0 spiro atoms. The maximum absolute atomic E-state index is 4.44. The van der Waals surface area contributed by atoms with Gasteiger partial charge in [-0.1, -0.05) is 0 Å². The molecule has 0 saturated heterocycles. The van der Waals surface area contributed by atoms with Crippen LogP contribution >= 0.6 is 0 Å². The highest BCUT2D eigenvalue weighted by molar-refractivity contribution is 5.57. The minimum Gasteiger partial charge on any atom is -0.382 e. The van der Waals surface area contributed by atoms with Crippen LogP contribution in [0.4, 0.5) is 5.69 Å². The molecule has 0 amide bonds. The average molecular weight is 227 g/mol. The van der Waals surface area contributed by atoms with E-state index in [1.165, 1.54) is 17.7 Å². The predicted octanol–water partition coefficient (Wildman–Crippen LogP) is 2.93. The van der Waals surface area contributed by atoms with Gasteiger partial charge in [0.1, 0.15) is 0 Å². The van der Waals surface area contributed by atoms with Crippen molar-refractivity contribution in [2.75, 3.05) is 5.32 Å². The molecule has 2 aromatic rings. The number of aryl methyl sites for hydroxylation is 2. The zero-order chi connectivity index (χ0) is 11.8. The SMILES string of the molecule is Cc1ccn(-c2ccc3c(c2)CCC(C)N3)n1. The van der Waals surface area contributed by atoms with Gasteiger partial charge in [0.2, 0.25) is 0 Å². The van der Waals surface area contributed by atoms with Crippen molar-refractivity contribution in [2.45, 2.75) is 32.7 Å². The van der Waals surface area contributed by atoms with Gasteiger partial charge in [-0.15, -0.1) is 0 Å². The first-order chi connectivity index (χ1) is 8.22. The second-order valence-corrected chi connectivity index (χ2v) is 4.83. The molecular formula is C14H17N3. The molecular weight excluding hydrogens is 210 g/mol. The zero-order valence-corrected chi connectivity index (χ0v) is 10.3. The molecule has 1 N–H and O–H groups in total. The molecule has 0 radical (unpaired) electrons. The standard InChI is InChI=1S/C14H17N3/c1-10-3-4-12-9-13(5-6-14(12)15-10)17-8-7-11(2)16-17/h5-10,15H,3-4H2,1-2H3. The maximum atomic E-state index is 4.44. The van der Waals surface area contributed by atoms with Gasteiger partial charge in [0.15, 0.2) is 0 Å². The highest BCUT2D eigenvalue weighted by atomic mass is 15.3. The molecule has 3 rings (SSSR count). The number of rotatable bonds is 1. The van der Waals surface area contributed by atoms with Gasteiger partial charge in [0.05, 0.1) is 11.4 Å². The van der Waals surface area contributed by atoms with Crippen molar-refractivity contribution in [1.29, 1.82) is 0 Å². The van der Waals surface area contributed by atoms with Crippen LogP contribution in [0.1, 0.15) is 24.6 Å². The van der Waals surface area contributed by atoms with E-state index in [1.54, 1.807) is 0 Å². The Morgan fingerprint density at radius 1 is 1.35 bits per heavy atom. The summed E-state index contributed by atoms with van der Waals surface area (Å²) in [5, 5.41) is 7.96. The molecule has 1 aliphatic heterocycles. The number of aromatic nitrogens is 2. The number of hydrogen-bond donors (Lipinski definition) is 1. The third-order valence-electron chi connectivity index (χ3n) is 3.32. The number of nitrogens with zero attached hydrogens (tertiary/aromatic N) is 2. The average Bonchev–Trinajstić information content (AvgIpc) is 2.75. The summed E-state index contributed by atoms with van der Waals surface area (Å²) in [6.07, 6.45) is 4.36. The van der Waals surface area contributed by atoms with Gasteiger partial charge >= 0.3 is 0 Å². The van der Waals surface area contributed by atoms with Crippen LogP contribution in [0.25, 0.3) is 5.69 Å². The molecule has 1 aromatic heterocycles. The van der Waals surface area contributed by atoms with E-state index >= 15 is 0 Å². The monoisotopic (exact) mass is 227 g/mol. The van der Waals surface area contributed by atoms with Crippen LogP contribution in [0, 0.1) is 6.92 Å². The fourth-order valence-corrected chi connectivity index (χ4v) is 2.34. The van der Waals surface area contributed by atoms with Crippen molar-refractivity contribution < 1.29 is 0 Å². The molecule has 1 aromatic carbocycles. The van der Waals surface area contributed by atoms with E-state index in [4.69, 9.17) is 0 Å². The summed E-state index contributed by atoms with van der Waals surface area (Å²) in [6, 6.07) is 9.13. The molecule has 1 unspecified atom stereocenters. The summed E-state index contributed by atoms with van der Waals surface area (Å²) in [7, 11) is 0. The fourth-order valence-electron chi connectivity index (χ4n) is 2.34. The molecule has 3 nitrogen and oxygen atoms in total. The van der Waals surface area contributed by atoms with Crippen LogP contribution in [0.15, 0.2) is 30.5 Å². The summed E-state index contributed by atoms with van der Waals surface area (Å²) in [4.78, 5) is 0. The lowest BCUT2D eigenvalue weighted by Gasteiger charge is -2.24. The van der Waals surface area contributed by atoms with E-state index in [0.29, 0.717) is 6.04 Å². The Balaban J connectivity index is 1.98. The first kappa shape index (κ1) is 10.4. The Morgan fingerprint density at radius 3 is 3.00 bits per heavy atom. The van der Waals surface area contributed by atoms with E-state index in [9.17, 15) is 0 Å². The molecule has 0 fully saturated rings. The van der Waals surface area contributed by atoms with Gasteiger partial charge in [-0.25, -0.2) is 4.68 Å². The summed E-state index contributed by atoms with van der Waals surface area (Å²) < 4.78 is 1.94. The van der Waals surface area contributed by atoms with Crippen molar-refractivity contribution in [3.05, 3.63) is 41.7 Å². The Labute approximate surface area is 101 Å². The third-order valence-corrected chi connectivity index (χ3v) is 3.32. The maximum Gasteiger partial charge on any atom is 0.0649 e. The van der Waals surface area contributed by atoms with E-state index in [0.717, 1.165) is 17.8 Å². The lowest BCUT2D eigenvalue weighted by atomic mass is 9.98. The molecule has 17 heavy (non-hydrogen) atoms. The molecule has 1 atom stereocenters. The van der Waals surface area contributed by atoms with Gasteiger partial charge in [0.25, 0.3) is 0 Å². The summed E-state index contributed by atoms with van der Waals surface area (Å²) >= 11 is 0. The third kappa shape index (κ3) is 1.93. The first-order valence-corrected chi connectivity index (χ1v) is 6.14. The van der Waals surface area contributed by atoms with E-state index in [-0.39, 0.29) is 0 Å². The summed E-state index contributed by atoms with van der Waals surface area (Å²) in [6.45, 7) is 4.24. The number of hydrogen-bond acceptors (Lipinski definition) is 2. The molecule has 3 heteroatoms. The molecule has 0 bridgehead atoms. The molecule has 0 aliphatic carbocycles. The summed E-state index contributed by atoms with van der Waals surface area (Å²) in [5.41, 5.74) is 4.87. The Hall–Kier alpha value is -1.77. The number of benzene rings is 1. The minimum absolute atomic E-state index is 0.584. The van der Waals surface area contributed by atoms with Crippen LogP contribution in [0.5, 0.6) is 0 Å². The molecule has 88 valence electrons. The van der Waals surface area contributed by atoms with Crippen LogP contribution in [-0.4, -0.2) is 15.8 Å². The Kier molecular flexibility index (Phi) is 2.39. The topological polar surface area (TPSA) is 29.9 Å². The van der Waals surface area contributed by atoms with Gasteiger partial charge in [-0.2, -0.15) is 5.10 Å². The first-order valence-electron chi connectivity index (χ1n) is 6.14. The Bertz CT molecular complexity index is 542. The van der Waals surface area contributed by atoms with E-state index in [1.807, 2.05) is 23.9 Å². The lowest BCUT2D eigenvalue weighted by molar-refractivity contribution is 0.680. The second-order valence-electron chi connectivity index (χ2n) is 4.83. The van der Waals surface area contributed by atoms with Crippen LogP contribution in [-0.2, 0) is 6.42 Å². The summed E-state index contributed by atoms with van der Waals surface area (Å²) in [5.74, 6) is 0. The van der Waals surface area contributed by atoms with Gasteiger partial charge in [-0.3, -0.25) is 0 Å². The zero-order valence-electron chi connectivity index (χ0n) is 10.3. The Morgan fingerprint density at radius 2 is 2.24 bits per heavy atom. The van der Waals surface area contributed by atoms with Crippen molar-refractivity contribution >= 4 is 5.69 Å². The van der Waals surface area contributed by atoms with Crippen LogP contribution < -0.4 is 5.32 Å². The van der Waals surface area contributed by atoms with E-state index in [2.05, 4.69) is 35.5 Å². The van der Waals surface area contributed by atoms with Crippen molar-refractivity contribution in [3.63, 3.8) is 0 Å². The van der Waals surface area contributed by atoms with Gasteiger partial charge < -0.3 is 5.32 Å². The van der Waals surface area contributed by atoms with E-state index < -0.39 is 0 Å². The highest BCUT2D eigenvalue weighted by Gasteiger charge is 2.14. The van der Waals surface area contributed by atoms with Gasteiger partial charge in [0, 0.05) is 17.9 Å². The minimum atomic E-state index is 0.584. The van der Waals surface area contributed by atoms with Crippen molar-refractivity contribution in [2.24, 2.45) is 0 Å². The van der Waals surface area contributed by atoms with Crippen molar-refractivity contribution in [3.8, 4) is 5.69 Å². The van der Waals surface area contributed by atoms with Gasteiger partial charge in [-0.05, 0) is 56.5 Å². The number of nitrogens with one attached hydrogen (secondary N) is 1. The van der Waals surface area contributed by atoms with Crippen LogP contribution in [0.3, 0.4) is 0 Å². The fraction of sp³-hybridized carbons (Fsp3) is 0.357. The largest absolute Gasteiger partial charge is 0.382 e. The number of anilines is 1. The van der Waals surface area contributed by atoms with Crippen LogP contribution in [0.2, 0.25) is 0 Å². The normalized spacial score (nSPS) is 18.6. The second kappa shape index (κ2) is 3.91. The molecule has 1 aliphatic rings. The number of fused-ring (bicyclic) bond motifs is 1. The molecule has 0 saturated carbocycles. The quantitative estimate of drug-likeness (QED) is 0.811. The lowest BCUT2D eigenvalue weighted by Crippen LogP contribution is -2.21. The van der Waals surface area contributed by atoms with Crippen molar-refractivity contribution in [1.82, 2.24) is 9.78 Å². The molecule has 2 heterocycles. The predicted molar refractivity (Wildman–Crippen MR) is 69.7 cm³/mol. The highest BCUT2D eigenvalue weighted by Crippen LogP contribution is 2.26. The smallest absolute Gasteiger partial charge is 0.0649 e.